The predicted octanol–water partition coefficient (Wildman–Crippen LogP) is 1.80. The van der Waals surface area contributed by atoms with E-state index in [1.54, 1.807) is 0 Å². The normalized spacial score (nSPS) is 12.7. The molecule has 84 valence electrons. The maximum Gasteiger partial charge on any atom is 0.220 e. The van der Waals surface area contributed by atoms with Crippen LogP contribution >= 0.6 is 0 Å². The lowest BCUT2D eigenvalue weighted by atomic mass is 9.96. The summed E-state index contributed by atoms with van der Waals surface area (Å²) in [5, 5.41) is 0. The molecule has 0 spiro atoms. The first kappa shape index (κ1) is 13.4. The van der Waals surface area contributed by atoms with E-state index in [0.29, 0.717) is 0 Å². The molecular weight excluding hydrogens is 176 g/mol. The number of primary amides is 1. The Morgan fingerprint density at radius 3 is 2.29 bits per heavy atom. The average Bonchev–Trinajstić information content (AvgIpc) is 2.15. The van der Waals surface area contributed by atoms with Crippen molar-refractivity contribution in [3.63, 3.8) is 0 Å². The predicted molar refractivity (Wildman–Crippen MR) is 59.7 cm³/mol. The van der Waals surface area contributed by atoms with Crippen LogP contribution in [0.5, 0.6) is 0 Å². The summed E-state index contributed by atoms with van der Waals surface area (Å²) in [5.74, 6) is -0.0384. The molecule has 0 aromatic carbocycles. The zero-order chi connectivity index (χ0) is 10.8. The van der Waals surface area contributed by atoms with E-state index in [-0.39, 0.29) is 11.8 Å². The molecule has 0 radical (unpaired) electrons. The Labute approximate surface area is 87.2 Å². The van der Waals surface area contributed by atoms with Crippen molar-refractivity contribution < 1.29 is 4.79 Å². The molecule has 14 heavy (non-hydrogen) atoms. The number of rotatable bonds is 9. The Bertz CT molecular complexity index is 148. The number of carbonyl (C=O) groups excluding carboxylic acids is 1. The van der Waals surface area contributed by atoms with E-state index in [9.17, 15) is 4.79 Å². The number of carbonyl (C=O) groups is 1. The van der Waals surface area contributed by atoms with Gasteiger partial charge in [0.15, 0.2) is 0 Å². The van der Waals surface area contributed by atoms with Gasteiger partial charge in [0.2, 0.25) is 5.91 Å². The van der Waals surface area contributed by atoms with Crippen molar-refractivity contribution in [1.82, 2.24) is 0 Å². The lowest BCUT2D eigenvalue weighted by molar-refractivity contribution is -0.122. The van der Waals surface area contributed by atoms with Crippen LogP contribution < -0.4 is 11.5 Å². The van der Waals surface area contributed by atoms with Crippen LogP contribution in [0.25, 0.3) is 0 Å². The number of amides is 1. The van der Waals surface area contributed by atoms with Gasteiger partial charge in [0, 0.05) is 5.92 Å². The van der Waals surface area contributed by atoms with E-state index in [1.165, 1.54) is 12.8 Å². The molecule has 0 bridgehead atoms. The SMILES string of the molecule is CCCC(CCCCCCN)C(N)=O. The van der Waals surface area contributed by atoms with Crippen molar-refractivity contribution in [3.8, 4) is 0 Å². The topological polar surface area (TPSA) is 69.1 Å². The second-order valence-electron chi connectivity index (χ2n) is 3.88. The Kier molecular flexibility index (Phi) is 8.64. The first-order valence-electron chi connectivity index (χ1n) is 5.71. The quantitative estimate of drug-likeness (QED) is 0.557. The van der Waals surface area contributed by atoms with Crippen LogP contribution in [0.1, 0.15) is 51.9 Å². The summed E-state index contributed by atoms with van der Waals surface area (Å²) in [6.07, 6.45) is 7.47. The minimum atomic E-state index is -0.134. The smallest absolute Gasteiger partial charge is 0.220 e. The van der Waals surface area contributed by atoms with Gasteiger partial charge in [0.25, 0.3) is 0 Å². The molecule has 1 unspecified atom stereocenters. The maximum atomic E-state index is 11.0. The van der Waals surface area contributed by atoms with Crippen molar-refractivity contribution in [2.75, 3.05) is 6.54 Å². The van der Waals surface area contributed by atoms with Gasteiger partial charge in [-0.15, -0.1) is 0 Å². The highest BCUT2D eigenvalue weighted by molar-refractivity contribution is 5.76. The summed E-state index contributed by atoms with van der Waals surface area (Å²) in [7, 11) is 0. The third kappa shape index (κ3) is 6.89. The van der Waals surface area contributed by atoms with Gasteiger partial charge in [-0.3, -0.25) is 4.79 Å². The number of unbranched alkanes of at least 4 members (excludes halogenated alkanes) is 3. The van der Waals surface area contributed by atoms with Gasteiger partial charge >= 0.3 is 0 Å². The summed E-state index contributed by atoms with van der Waals surface area (Å²) in [5.41, 5.74) is 10.7. The summed E-state index contributed by atoms with van der Waals surface area (Å²) >= 11 is 0. The van der Waals surface area contributed by atoms with Gasteiger partial charge < -0.3 is 11.5 Å². The lowest BCUT2D eigenvalue weighted by Crippen LogP contribution is -2.23. The lowest BCUT2D eigenvalue weighted by Gasteiger charge is -2.11. The zero-order valence-corrected chi connectivity index (χ0v) is 9.30. The van der Waals surface area contributed by atoms with Crippen molar-refractivity contribution in [1.29, 1.82) is 0 Å². The van der Waals surface area contributed by atoms with Gasteiger partial charge in [-0.1, -0.05) is 32.6 Å². The van der Waals surface area contributed by atoms with E-state index >= 15 is 0 Å². The first-order valence-corrected chi connectivity index (χ1v) is 5.71. The fourth-order valence-corrected chi connectivity index (χ4v) is 1.67. The molecule has 0 aromatic heterocycles. The molecule has 0 aliphatic heterocycles. The van der Waals surface area contributed by atoms with E-state index < -0.39 is 0 Å². The van der Waals surface area contributed by atoms with Crippen molar-refractivity contribution in [3.05, 3.63) is 0 Å². The summed E-state index contributed by atoms with van der Waals surface area (Å²) in [6.45, 7) is 2.86. The van der Waals surface area contributed by atoms with Crippen LogP contribution in [0.4, 0.5) is 0 Å². The van der Waals surface area contributed by atoms with E-state index in [0.717, 1.165) is 38.6 Å². The summed E-state index contributed by atoms with van der Waals surface area (Å²) < 4.78 is 0. The number of hydrogen-bond donors (Lipinski definition) is 2. The van der Waals surface area contributed by atoms with Gasteiger partial charge in [-0.2, -0.15) is 0 Å². The molecule has 1 amide bonds. The molecule has 0 rings (SSSR count). The molecule has 0 saturated carbocycles. The molecule has 0 fully saturated rings. The van der Waals surface area contributed by atoms with Crippen LogP contribution in [0.3, 0.4) is 0 Å². The molecule has 3 nitrogen and oxygen atoms in total. The molecule has 1 atom stereocenters. The standard InChI is InChI=1S/C11H24N2O/c1-2-7-10(11(13)14)8-5-3-4-6-9-12/h10H,2-9,12H2,1H3,(H2,13,14). The molecule has 0 saturated heterocycles. The molecule has 3 heteroatoms. The van der Waals surface area contributed by atoms with E-state index in [4.69, 9.17) is 11.5 Å². The largest absolute Gasteiger partial charge is 0.369 e. The number of nitrogens with two attached hydrogens (primary N) is 2. The summed E-state index contributed by atoms with van der Waals surface area (Å²) in [4.78, 5) is 11.0. The van der Waals surface area contributed by atoms with Crippen molar-refractivity contribution >= 4 is 5.91 Å². The second-order valence-corrected chi connectivity index (χ2v) is 3.88. The average molecular weight is 200 g/mol. The van der Waals surface area contributed by atoms with E-state index in [2.05, 4.69) is 6.92 Å². The molecule has 0 aliphatic carbocycles. The van der Waals surface area contributed by atoms with Gasteiger partial charge in [-0.25, -0.2) is 0 Å². The summed E-state index contributed by atoms with van der Waals surface area (Å²) in [6, 6.07) is 0. The second kappa shape index (κ2) is 9.00. The highest BCUT2D eigenvalue weighted by atomic mass is 16.1. The molecule has 0 aliphatic rings. The van der Waals surface area contributed by atoms with Crippen LogP contribution in [0.15, 0.2) is 0 Å². The van der Waals surface area contributed by atoms with Crippen LogP contribution in [-0.4, -0.2) is 12.5 Å². The minimum absolute atomic E-state index is 0.0953. The maximum absolute atomic E-state index is 11.0. The molecule has 4 N–H and O–H groups in total. The third-order valence-electron chi connectivity index (χ3n) is 2.55. The first-order chi connectivity index (χ1) is 6.72. The van der Waals surface area contributed by atoms with Gasteiger partial charge in [0.1, 0.15) is 0 Å². The Morgan fingerprint density at radius 1 is 1.14 bits per heavy atom. The van der Waals surface area contributed by atoms with Crippen molar-refractivity contribution in [2.45, 2.75) is 51.9 Å². The van der Waals surface area contributed by atoms with Gasteiger partial charge in [-0.05, 0) is 25.8 Å². The molecular formula is C11H24N2O. The molecule has 0 heterocycles. The monoisotopic (exact) mass is 200 g/mol. The zero-order valence-electron chi connectivity index (χ0n) is 9.30. The fourth-order valence-electron chi connectivity index (χ4n) is 1.67. The minimum Gasteiger partial charge on any atom is -0.369 e. The Morgan fingerprint density at radius 2 is 1.79 bits per heavy atom. The number of hydrogen-bond acceptors (Lipinski definition) is 2. The fraction of sp³-hybridized carbons (Fsp3) is 0.909. The van der Waals surface area contributed by atoms with E-state index in [1.807, 2.05) is 0 Å². The van der Waals surface area contributed by atoms with Crippen LogP contribution in [-0.2, 0) is 4.79 Å². The Balaban J connectivity index is 3.46. The third-order valence-corrected chi connectivity index (χ3v) is 2.55. The highest BCUT2D eigenvalue weighted by Crippen LogP contribution is 2.15. The van der Waals surface area contributed by atoms with Crippen LogP contribution in [0, 0.1) is 5.92 Å². The Hall–Kier alpha value is -0.570. The van der Waals surface area contributed by atoms with Crippen molar-refractivity contribution in [2.24, 2.45) is 17.4 Å². The van der Waals surface area contributed by atoms with Gasteiger partial charge in [0.05, 0.1) is 0 Å². The highest BCUT2D eigenvalue weighted by Gasteiger charge is 2.12. The molecule has 0 aromatic rings. The van der Waals surface area contributed by atoms with Crippen LogP contribution in [0.2, 0.25) is 0 Å².